The fraction of sp³-hybridized carbons (Fsp3) is 0.611. The van der Waals surface area contributed by atoms with E-state index in [-0.39, 0.29) is 11.7 Å². The highest BCUT2D eigenvalue weighted by molar-refractivity contribution is 5.68. The van der Waals surface area contributed by atoms with Gasteiger partial charge in [-0.3, -0.25) is 10.3 Å². The van der Waals surface area contributed by atoms with Gasteiger partial charge in [0.1, 0.15) is 17.0 Å². The van der Waals surface area contributed by atoms with Crippen molar-refractivity contribution in [3.05, 3.63) is 23.5 Å². The zero-order valence-corrected chi connectivity index (χ0v) is 15.1. The van der Waals surface area contributed by atoms with Gasteiger partial charge in [-0.1, -0.05) is 0 Å². The first kappa shape index (κ1) is 17.8. The molecule has 1 aromatic carbocycles. The van der Waals surface area contributed by atoms with Crippen LogP contribution in [0.5, 0.6) is 5.75 Å². The lowest BCUT2D eigenvalue weighted by molar-refractivity contribution is -0.00891. The molecule has 2 aliphatic heterocycles. The van der Waals surface area contributed by atoms with E-state index < -0.39 is 11.4 Å². The van der Waals surface area contributed by atoms with Gasteiger partial charge in [-0.2, -0.15) is 0 Å². The number of rotatable bonds is 2. The van der Waals surface area contributed by atoms with Gasteiger partial charge in [0, 0.05) is 44.0 Å². The SMILES string of the molecule is CONc1cc2c(cc1F)OC1(CCN(C(=O)OC(C)(C)C)CC1)C2. The Balaban J connectivity index is 1.65. The van der Waals surface area contributed by atoms with Gasteiger partial charge in [0.2, 0.25) is 0 Å². The molecule has 1 N–H and O–H groups in total. The third-order valence-electron chi connectivity index (χ3n) is 4.53. The Morgan fingerprint density at radius 2 is 2.00 bits per heavy atom. The molecule has 138 valence electrons. The molecule has 1 spiro atoms. The zero-order valence-electron chi connectivity index (χ0n) is 15.1. The maximum Gasteiger partial charge on any atom is 0.410 e. The summed E-state index contributed by atoms with van der Waals surface area (Å²) in [5, 5.41) is 0. The van der Waals surface area contributed by atoms with Crippen molar-refractivity contribution in [2.75, 3.05) is 25.7 Å². The number of anilines is 1. The molecule has 0 unspecified atom stereocenters. The number of carbonyl (C=O) groups is 1. The second kappa shape index (κ2) is 6.37. The van der Waals surface area contributed by atoms with E-state index in [0.29, 0.717) is 43.8 Å². The largest absolute Gasteiger partial charge is 0.486 e. The maximum atomic E-state index is 14.0. The van der Waals surface area contributed by atoms with Crippen LogP contribution in [0.25, 0.3) is 0 Å². The normalized spacial score (nSPS) is 18.7. The number of hydrogen-bond donors (Lipinski definition) is 1. The minimum atomic E-state index is -0.505. The van der Waals surface area contributed by atoms with Crippen molar-refractivity contribution in [3.8, 4) is 5.75 Å². The number of halogens is 1. The second-order valence-corrected chi connectivity index (χ2v) is 7.68. The van der Waals surface area contributed by atoms with Crippen molar-refractivity contribution in [2.24, 2.45) is 0 Å². The molecule has 0 aromatic heterocycles. The van der Waals surface area contributed by atoms with E-state index in [1.54, 1.807) is 11.0 Å². The van der Waals surface area contributed by atoms with E-state index in [0.717, 1.165) is 5.56 Å². The average Bonchev–Trinajstić information content (AvgIpc) is 2.83. The molecule has 1 saturated heterocycles. The summed E-state index contributed by atoms with van der Waals surface area (Å²) in [7, 11) is 1.44. The molecule has 1 fully saturated rings. The molecule has 1 aromatic rings. The fourth-order valence-electron chi connectivity index (χ4n) is 3.34. The van der Waals surface area contributed by atoms with Crippen LogP contribution in [0.2, 0.25) is 0 Å². The van der Waals surface area contributed by atoms with Crippen LogP contribution in [0.1, 0.15) is 39.2 Å². The van der Waals surface area contributed by atoms with Crippen LogP contribution in [0.3, 0.4) is 0 Å². The molecular weight excluding hydrogens is 327 g/mol. The highest BCUT2D eigenvalue weighted by Gasteiger charge is 2.43. The van der Waals surface area contributed by atoms with Gasteiger partial charge in [0.15, 0.2) is 5.82 Å². The molecule has 0 aliphatic carbocycles. The van der Waals surface area contributed by atoms with Gasteiger partial charge >= 0.3 is 6.09 Å². The number of amides is 1. The molecular formula is C18H25FN2O4. The summed E-state index contributed by atoms with van der Waals surface area (Å²) >= 11 is 0. The molecule has 6 nitrogen and oxygen atoms in total. The van der Waals surface area contributed by atoms with E-state index in [9.17, 15) is 9.18 Å². The molecule has 2 heterocycles. The van der Waals surface area contributed by atoms with Gasteiger partial charge < -0.3 is 14.4 Å². The lowest BCUT2D eigenvalue weighted by atomic mass is 9.87. The van der Waals surface area contributed by atoms with Crippen LogP contribution in [0, 0.1) is 5.82 Å². The summed E-state index contributed by atoms with van der Waals surface area (Å²) in [6.07, 6.45) is 1.78. The van der Waals surface area contributed by atoms with Crippen LogP contribution >= 0.6 is 0 Å². The molecule has 25 heavy (non-hydrogen) atoms. The standard InChI is InChI=1S/C18H25FN2O4/c1-17(2,3)25-16(22)21-7-5-18(6-8-21)11-12-9-14(20-23-4)13(19)10-15(12)24-18/h9-10,20H,5-8,11H2,1-4H3. The van der Waals surface area contributed by atoms with Crippen LogP contribution in [-0.4, -0.2) is 42.4 Å². The summed E-state index contributed by atoms with van der Waals surface area (Å²) in [6.45, 7) is 6.69. The van der Waals surface area contributed by atoms with E-state index >= 15 is 0 Å². The minimum Gasteiger partial charge on any atom is -0.486 e. The quantitative estimate of drug-likeness (QED) is 0.826. The number of nitrogens with zero attached hydrogens (tertiary/aromatic N) is 1. The Bertz CT molecular complexity index is 664. The van der Waals surface area contributed by atoms with E-state index in [2.05, 4.69) is 5.48 Å². The Labute approximate surface area is 147 Å². The molecule has 0 bridgehead atoms. The predicted molar refractivity (Wildman–Crippen MR) is 91.1 cm³/mol. The Morgan fingerprint density at radius 1 is 1.32 bits per heavy atom. The zero-order chi connectivity index (χ0) is 18.2. The average molecular weight is 352 g/mol. The van der Waals surface area contributed by atoms with E-state index in [4.69, 9.17) is 14.3 Å². The van der Waals surface area contributed by atoms with Crippen molar-refractivity contribution in [1.82, 2.24) is 4.90 Å². The highest BCUT2D eigenvalue weighted by Crippen LogP contribution is 2.43. The van der Waals surface area contributed by atoms with Gasteiger partial charge in [-0.05, 0) is 26.8 Å². The van der Waals surface area contributed by atoms with Gasteiger partial charge in [0.25, 0.3) is 0 Å². The van der Waals surface area contributed by atoms with Crippen LogP contribution in [0.4, 0.5) is 14.9 Å². The molecule has 0 radical (unpaired) electrons. The number of fused-ring (bicyclic) bond motifs is 1. The van der Waals surface area contributed by atoms with Crippen LogP contribution < -0.4 is 10.2 Å². The monoisotopic (exact) mass is 352 g/mol. The fourth-order valence-corrected chi connectivity index (χ4v) is 3.34. The van der Waals surface area contributed by atoms with Crippen molar-refractivity contribution < 1.29 is 23.5 Å². The first-order chi connectivity index (χ1) is 11.7. The van der Waals surface area contributed by atoms with Crippen molar-refractivity contribution in [1.29, 1.82) is 0 Å². The lowest BCUT2D eigenvalue weighted by Crippen LogP contribution is -2.50. The lowest BCUT2D eigenvalue weighted by Gasteiger charge is -2.39. The Hall–Kier alpha value is -2.02. The number of carbonyl (C=O) groups excluding carboxylic acids is 1. The third-order valence-corrected chi connectivity index (χ3v) is 4.53. The first-order valence-electron chi connectivity index (χ1n) is 8.50. The van der Waals surface area contributed by atoms with Crippen LogP contribution in [0.15, 0.2) is 12.1 Å². The molecule has 3 rings (SSSR count). The summed E-state index contributed by atoms with van der Waals surface area (Å²) in [4.78, 5) is 18.7. The molecule has 0 saturated carbocycles. The number of nitrogens with one attached hydrogen (secondary N) is 1. The van der Waals surface area contributed by atoms with Crippen molar-refractivity contribution in [2.45, 2.75) is 51.2 Å². The Kier molecular flexibility index (Phi) is 4.53. The number of benzene rings is 1. The highest BCUT2D eigenvalue weighted by atomic mass is 19.1. The van der Waals surface area contributed by atoms with Gasteiger partial charge in [0.05, 0.1) is 12.8 Å². The first-order valence-corrected chi connectivity index (χ1v) is 8.50. The molecule has 7 heteroatoms. The van der Waals surface area contributed by atoms with Gasteiger partial charge in [-0.25, -0.2) is 9.18 Å². The van der Waals surface area contributed by atoms with Gasteiger partial charge in [-0.15, -0.1) is 0 Å². The van der Waals surface area contributed by atoms with Crippen LogP contribution in [-0.2, 0) is 16.0 Å². The summed E-state index contributed by atoms with van der Waals surface area (Å²) in [5.41, 5.74) is 2.91. The summed E-state index contributed by atoms with van der Waals surface area (Å²) < 4.78 is 25.5. The molecule has 2 aliphatic rings. The Morgan fingerprint density at radius 3 is 2.60 bits per heavy atom. The maximum absolute atomic E-state index is 14.0. The molecule has 0 atom stereocenters. The molecule has 1 amide bonds. The second-order valence-electron chi connectivity index (χ2n) is 7.68. The topological polar surface area (TPSA) is 60.0 Å². The predicted octanol–water partition coefficient (Wildman–Crippen LogP) is 3.50. The number of ether oxygens (including phenoxy) is 2. The number of likely N-dealkylation sites (tertiary alicyclic amines) is 1. The van der Waals surface area contributed by atoms with E-state index in [1.165, 1.54) is 13.2 Å². The summed E-state index contributed by atoms with van der Waals surface area (Å²) in [6, 6.07) is 3.12. The van der Waals surface area contributed by atoms with Crippen molar-refractivity contribution in [3.63, 3.8) is 0 Å². The number of hydrogen-bond acceptors (Lipinski definition) is 5. The smallest absolute Gasteiger partial charge is 0.410 e. The van der Waals surface area contributed by atoms with Crippen molar-refractivity contribution >= 4 is 11.8 Å². The third kappa shape index (κ3) is 3.81. The van der Waals surface area contributed by atoms with E-state index in [1.807, 2.05) is 20.8 Å². The summed E-state index contributed by atoms with van der Waals surface area (Å²) in [5.74, 6) is 0.161. The minimum absolute atomic E-state index is 0.296. The number of piperidine rings is 1.